The van der Waals surface area contributed by atoms with Gasteiger partial charge in [-0.25, -0.2) is 4.79 Å². The number of nitrogens with two attached hydrogens (primary N) is 1. The minimum Gasteiger partial charge on any atom is -0.477 e. The lowest BCUT2D eigenvalue weighted by molar-refractivity contribution is -0.145. The van der Waals surface area contributed by atoms with Gasteiger partial charge < -0.3 is 10.8 Å². The van der Waals surface area contributed by atoms with E-state index in [0.29, 0.717) is 19.4 Å². The summed E-state index contributed by atoms with van der Waals surface area (Å²) >= 11 is 1.51. The number of allylic oxidation sites excluding steroid dienone is 1. The van der Waals surface area contributed by atoms with E-state index in [4.69, 9.17) is 10.8 Å². The Morgan fingerprint density at radius 3 is 3.00 bits per heavy atom. The summed E-state index contributed by atoms with van der Waals surface area (Å²) in [5.74, 6) is -1.10. The number of carboxylic acid groups (broad SMARTS) is 1. The molecule has 98 valence electrons. The summed E-state index contributed by atoms with van der Waals surface area (Å²) in [4.78, 5) is 28.7. The van der Waals surface area contributed by atoms with E-state index in [9.17, 15) is 9.59 Å². The predicted octanol–water partition coefficient (Wildman–Crippen LogP) is 0.745. The molecule has 2 heterocycles. The van der Waals surface area contributed by atoms with Gasteiger partial charge in [0.25, 0.3) is 0 Å². The van der Waals surface area contributed by atoms with Crippen molar-refractivity contribution in [3.8, 4) is 0 Å². The Kier molecular flexibility index (Phi) is 3.90. The number of hydrogen-bond donors (Lipinski definition) is 2. The average molecular weight is 269 g/mol. The summed E-state index contributed by atoms with van der Waals surface area (Å²) in [5, 5.41) is 9.17. The van der Waals surface area contributed by atoms with Crippen LogP contribution in [-0.4, -0.2) is 40.1 Å². The van der Waals surface area contributed by atoms with Gasteiger partial charge in [0.15, 0.2) is 0 Å². The number of unbranched alkanes of at least 4 members (excludes halogenated alkanes) is 1. The zero-order valence-electron chi connectivity index (χ0n) is 9.83. The smallest absolute Gasteiger partial charge is 0.353 e. The predicted molar refractivity (Wildman–Crippen MR) is 68.9 cm³/mol. The summed E-state index contributed by atoms with van der Waals surface area (Å²) in [6.45, 7) is 0.656. The number of carboxylic acids is 1. The zero-order valence-corrected chi connectivity index (χ0v) is 10.7. The van der Waals surface area contributed by atoms with E-state index in [1.807, 2.05) is 0 Å². The molecule has 2 rings (SSSR count). The molecule has 0 spiro atoms. The van der Waals surface area contributed by atoms with E-state index >= 15 is 0 Å². The number of hydrogen-bond acceptors (Lipinski definition) is 4. The van der Waals surface area contributed by atoms with E-state index in [1.165, 1.54) is 23.0 Å². The van der Waals surface area contributed by atoms with Gasteiger partial charge in [-0.3, -0.25) is 14.7 Å². The highest BCUT2D eigenvalue weighted by Crippen LogP contribution is 2.47. The fourth-order valence-electron chi connectivity index (χ4n) is 2.07. The van der Waals surface area contributed by atoms with Crippen LogP contribution in [0.3, 0.4) is 0 Å². The molecule has 6 nitrogen and oxygen atoms in total. The fourth-order valence-corrected chi connectivity index (χ4v) is 3.51. The maximum Gasteiger partial charge on any atom is 0.353 e. The van der Waals surface area contributed by atoms with Crippen molar-refractivity contribution in [2.45, 2.75) is 31.1 Å². The zero-order chi connectivity index (χ0) is 13.1. The van der Waals surface area contributed by atoms with Crippen LogP contribution in [0.1, 0.15) is 25.7 Å². The van der Waals surface area contributed by atoms with Crippen molar-refractivity contribution in [2.75, 3.05) is 6.54 Å². The lowest BCUT2D eigenvalue weighted by Crippen LogP contribution is -2.48. The Balaban J connectivity index is 1.94. The summed E-state index contributed by atoms with van der Waals surface area (Å²) in [7, 11) is 0. The van der Waals surface area contributed by atoms with Crippen LogP contribution in [0.5, 0.6) is 0 Å². The number of aliphatic carboxylic acids is 1. The number of carbonyl (C=O) groups is 2. The summed E-state index contributed by atoms with van der Waals surface area (Å²) in [6, 6.07) is 0. The second-order valence-corrected chi connectivity index (χ2v) is 5.40. The minimum atomic E-state index is -1.01. The van der Waals surface area contributed by atoms with E-state index in [1.54, 1.807) is 0 Å². The Bertz CT molecular complexity index is 433. The highest BCUT2D eigenvalue weighted by Gasteiger charge is 2.47. The van der Waals surface area contributed by atoms with Crippen LogP contribution in [0.2, 0.25) is 0 Å². The van der Waals surface area contributed by atoms with Crippen molar-refractivity contribution < 1.29 is 14.7 Å². The number of β-lactam (4-membered cyclic amide) rings is 1. The molecule has 1 amide bonds. The number of thioether (sulfide) groups is 1. The third kappa shape index (κ3) is 2.35. The van der Waals surface area contributed by atoms with Gasteiger partial charge >= 0.3 is 5.97 Å². The van der Waals surface area contributed by atoms with Crippen molar-refractivity contribution in [1.29, 1.82) is 0 Å². The van der Waals surface area contributed by atoms with Gasteiger partial charge in [-0.2, -0.15) is 0 Å². The van der Waals surface area contributed by atoms with Crippen molar-refractivity contribution >= 4 is 30.0 Å². The number of nitrogens with zero attached hydrogens (tertiary/aromatic N) is 2. The maximum atomic E-state index is 11.4. The molecule has 2 aliphatic heterocycles. The highest BCUT2D eigenvalue weighted by atomic mass is 32.2. The summed E-state index contributed by atoms with van der Waals surface area (Å²) < 4.78 is 0. The highest BCUT2D eigenvalue weighted by molar-refractivity contribution is 8.04. The monoisotopic (exact) mass is 269 g/mol. The molecule has 7 heteroatoms. The molecule has 3 N–H and O–H groups in total. The first kappa shape index (κ1) is 12.9. The van der Waals surface area contributed by atoms with Crippen LogP contribution in [0.4, 0.5) is 0 Å². The van der Waals surface area contributed by atoms with Crippen LogP contribution in [0.25, 0.3) is 0 Å². The van der Waals surface area contributed by atoms with Crippen LogP contribution in [0.15, 0.2) is 15.6 Å². The number of fused-ring (bicyclic) bond motifs is 1. The first-order valence-electron chi connectivity index (χ1n) is 5.80. The molecule has 18 heavy (non-hydrogen) atoms. The van der Waals surface area contributed by atoms with Gasteiger partial charge in [-0.05, 0) is 19.3 Å². The molecule has 0 aromatic rings. The minimum absolute atomic E-state index is 0.0145. The third-order valence-electron chi connectivity index (χ3n) is 2.94. The lowest BCUT2D eigenvalue weighted by atomic mass is 10.1. The Hall–Kier alpha value is -1.50. The molecule has 0 radical (unpaired) electrons. The molecule has 0 saturated carbocycles. The number of aliphatic imine (C=N–C) groups is 1. The van der Waals surface area contributed by atoms with Gasteiger partial charge in [0.05, 0.1) is 18.1 Å². The molecule has 1 fully saturated rings. The van der Waals surface area contributed by atoms with Crippen LogP contribution < -0.4 is 5.73 Å². The topological polar surface area (TPSA) is 96.0 Å². The van der Waals surface area contributed by atoms with Gasteiger partial charge in [-0.15, -0.1) is 11.8 Å². The van der Waals surface area contributed by atoms with Crippen LogP contribution in [0, 0.1) is 0 Å². The first-order valence-corrected chi connectivity index (χ1v) is 6.68. The molecule has 0 unspecified atom stereocenters. The maximum absolute atomic E-state index is 11.4. The van der Waals surface area contributed by atoms with Crippen molar-refractivity contribution in [2.24, 2.45) is 10.7 Å². The molecule has 0 bridgehead atoms. The normalized spacial score (nSPS) is 22.6. The van der Waals surface area contributed by atoms with Crippen molar-refractivity contribution in [1.82, 2.24) is 4.90 Å². The van der Waals surface area contributed by atoms with Crippen LogP contribution >= 0.6 is 11.8 Å². The lowest BCUT2D eigenvalue weighted by Gasteiger charge is -2.33. The quantitative estimate of drug-likeness (QED) is 0.321. The van der Waals surface area contributed by atoms with Crippen molar-refractivity contribution in [3.63, 3.8) is 0 Å². The van der Waals surface area contributed by atoms with Gasteiger partial charge in [0.1, 0.15) is 5.70 Å². The second kappa shape index (κ2) is 5.43. The number of rotatable bonds is 6. The van der Waals surface area contributed by atoms with Crippen molar-refractivity contribution in [3.05, 3.63) is 10.6 Å². The summed E-state index contributed by atoms with van der Waals surface area (Å²) in [6.07, 6.45) is 4.13. The molecule has 1 atom stereocenters. The van der Waals surface area contributed by atoms with E-state index < -0.39 is 5.97 Å². The molecule has 1 saturated heterocycles. The molecular weight excluding hydrogens is 254 g/mol. The SMILES string of the molecule is NC=NCCCCC1=C(C(=O)O)N2C(=O)C[C@H]2S1. The molecule has 0 aromatic heterocycles. The van der Waals surface area contributed by atoms with Gasteiger partial charge in [0.2, 0.25) is 5.91 Å². The Morgan fingerprint density at radius 1 is 1.61 bits per heavy atom. The summed E-state index contributed by atoms with van der Waals surface area (Å²) in [5.41, 5.74) is 5.31. The van der Waals surface area contributed by atoms with E-state index in [0.717, 1.165) is 17.7 Å². The largest absolute Gasteiger partial charge is 0.477 e. The van der Waals surface area contributed by atoms with Gasteiger partial charge in [0, 0.05) is 11.4 Å². The third-order valence-corrected chi connectivity index (χ3v) is 4.27. The second-order valence-electron chi connectivity index (χ2n) is 4.13. The Morgan fingerprint density at radius 2 is 2.39 bits per heavy atom. The molecular formula is C11H15N3O3S. The average Bonchev–Trinajstić information content (AvgIpc) is 2.62. The standard InChI is InChI=1S/C11H15N3O3S/c12-6-13-4-2-1-3-7-10(11(16)17)14-8(15)5-9(14)18-7/h6,9H,1-5H2,(H2,12,13)(H,16,17)/t9-/m1/s1. The number of amides is 1. The van der Waals surface area contributed by atoms with Gasteiger partial charge in [-0.1, -0.05) is 0 Å². The van der Waals surface area contributed by atoms with E-state index in [-0.39, 0.29) is 17.0 Å². The number of carbonyl (C=O) groups excluding carboxylic acids is 1. The molecule has 0 aromatic carbocycles. The van der Waals surface area contributed by atoms with E-state index in [2.05, 4.69) is 4.99 Å². The first-order chi connectivity index (χ1) is 8.65. The molecule has 0 aliphatic carbocycles. The van der Waals surface area contributed by atoms with Crippen LogP contribution in [-0.2, 0) is 9.59 Å². The molecule has 2 aliphatic rings. The Labute approximate surface area is 109 Å². The fraction of sp³-hybridized carbons (Fsp3) is 0.545.